The Hall–Kier alpha value is -1.19. The van der Waals surface area contributed by atoms with E-state index in [9.17, 15) is 4.79 Å². The molecule has 6 heteroatoms. The molecular formula is C14H23N3O2S. The largest absolute Gasteiger partial charge is 0.443 e. The summed E-state index contributed by atoms with van der Waals surface area (Å²) in [5.41, 5.74) is 5.07. The Bertz CT molecular complexity index is 398. The van der Waals surface area contributed by atoms with Gasteiger partial charge in [-0.1, -0.05) is 12.2 Å². The molecule has 2 unspecified atom stereocenters. The van der Waals surface area contributed by atoms with E-state index in [0.717, 1.165) is 12.8 Å². The molecule has 0 heterocycles. The van der Waals surface area contributed by atoms with Crippen LogP contribution in [0.2, 0.25) is 0 Å². The highest BCUT2D eigenvalue weighted by Gasteiger charge is 2.26. The highest BCUT2D eigenvalue weighted by molar-refractivity contribution is 7.98. The lowest BCUT2D eigenvalue weighted by Gasteiger charge is -2.28. The summed E-state index contributed by atoms with van der Waals surface area (Å²) in [7, 11) is 0. The molecule has 0 aromatic heterocycles. The standard InChI is InChI=1S/C14H23N3O2S/c1-14(2,3)19-13(18)17(9-8-15)20-12-6-4-11(10-16)5-7-12/h4,6,11-12H,5,7,9-10,16H2,1-3H3. The molecular weight excluding hydrogens is 274 g/mol. The van der Waals surface area contributed by atoms with Crippen LogP contribution in [-0.2, 0) is 4.74 Å². The van der Waals surface area contributed by atoms with Crippen molar-refractivity contribution in [3.05, 3.63) is 12.2 Å². The maximum Gasteiger partial charge on any atom is 0.421 e. The van der Waals surface area contributed by atoms with Crippen LogP contribution < -0.4 is 5.73 Å². The molecule has 5 nitrogen and oxygen atoms in total. The Morgan fingerprint density at radius 3 is 2.65 bits per heavy atom. The van der Waals surface area contributed by atoms with E-state index in [2.05, 4.69) is 12.2 Å². The van der Waals surface area contributed by atoms with Gasteiger partial charge < -0.3 is 10.5 Å². The van der Waals surface area contributed by atoms with Crippen LogP contribution >= 0.6 is 11.9 Å². The monoisotopic (exact) mass is 297 g/mol. The van der Waals surface area contributed by atoms with Crippen molar-refractivity contribution in [1.29, 1.82) is 5.26 Å². The van der Waals surface area contributed by atoms with Gasteiger partial charge >= 0.3 is 6.09 Å². The fourth-order valence-electron chi connectivity index (χ4n) is 1.82. The van der Waals surface area contributed by atoms with Gasteiger partial charge in [-0.05, 0) is 58.0 Å². The Kier molecular flexibility index (Phi) is 6.37. The smallest absolute Gasteiger partial charge is 0.421 e. The quantitative estimate of drug-likeness (QED) is 0.490. The minimum atomic E-state index is -0.557. The maximum absolute atomic E-state index is 12.0. The zero-order valence-corrected chi connectivity index (χ0v) is 13.2. The van der Waals surface area contributed by atoms with Gasteiger partial charge in [-0.25, -0.2) is 9.10 Å². The van der Waals surface area contributed by atoms with Gasteiger partial charge in [-0.2, -0.15) is 5.26 Å². The van der Waals surface area contributed by atoms with E-state index < -0.39 is 11.7 Å². The molecule has 0 saturated carbocycles. The fraction of sp³-hybridized carbons (Fsp3) is 0.714. The van der Waals surface area contributed by atoms with Crippen molar-refractivity contribution in [3.63, 3.8) is 0 Å². The van der Waals surface area contributed by atoms with E-state index in [4.69, 9.17) is 15.7 Å². The zero-order valence-electron chi connectivity index (χ0n) is 12.3. The number of amides is 1. The molecule has 0 aliphatic heterocycles. The summed E-state index contributed by atoms with van der Waals surface area (Å²) < 4.78 is 6.70. The lowest BCUT2D eigenvalue weighted by Crippen LogP contribution is -2.34. The predicted molar refractivity (Wildman–Crippen MR) is 80.9 cm³/mol. The van der Waals surface area contributed by atoms with E-state index in [1.165, 1.54) is 16.3 Å². The van der Waals surface area contributed by atoms with Gasteiger partial charge in [0.15, 0.2) is 0 Å². The van der Waals surface area contributed by atoms with E-state index in [1.54, 1.807) is 0 Å². The lowest BCUT2D eigenvalue weighted by molar-refractivity contribution is 0.0418. The summed E-state index contributed by atoms with van der Waals surface area (Å²) in [6.07, 6.45) is 5.67. The van der Waals surface area contributed by atoms with Gasteiger partial charge in [-0.15, -0.1) is 0 Å². The van der Waals surface area contributed by atoms with Crippen molar-refractivity contribution in [2.24, 2.45) is 11.7 Å². The topological polar surface area (TPSA) is 79.3 Å². The number of carbonyl (C=O) groups is 1. The van der Waals surface area contributed by atoms with Crippen LogP contribution in [0.15, 0.2) is 12.2 Å². The molecule has 1 rings (SSSR count). The molecule has 2 atom stereocenters. The highest BCUT2D eigenvalue weighted by Crippen LogP contribution is 2.29. The van der Waals surface area contributed by atoms with E-state index in [0.29, 0.717) is 12.5 Å². The van der Waals surface area contributed by atoms with Gasteiger partial charge in [0.2, 0.25) is 0 Å². The molecule has 0 spiro atoms. The maximum atomic E-state index is 12.0. The Labute approximate surface area is 125 Å². The van der Waals surface area contributed by atoms with Gasteiger partial charge in [0.25, 0.3) is 0 Å². The van der Waals surface area contributed by atoms with Crippen molar-refractivity contribution in [1.82, 2.24) is 4.31 Å². The second-order valence-corrected chi connectivity index (χ2v) is 7.03. The molecule has 0 fully saturated rings. The minimum Gasteiger partial charge on any atom is -0.443 e. The normalized spacial score (nSPS) is 22.1. The molecule has 1 amide bonds. The number of carbonyl (C=O) groups excluding carboxylic acids is 1. The van der Waals surface area contributed by atoms with Crippen molar-refractivity contribution < 1.29 is 9.53 Å². The van der Waals surface area contributed by atoms with Crippen LogP contribution in [0.5, 0.6) is 0 Å². The van der Waals surface area contributed by atoms with Gasteiger partial charge in [0, 0.05) is 5.25 Å². The predicted octanol–water partition coefficient (Wildman–Crippen LogP) is 2.69. The van der Waals surface area contributed by atoms with Crippen LogP contribution in [0.4, 0.5) is 4.79 Å². The molecule has 112 valence electrons. The molecule has 0 aromatic carbocycles. The van der Waals surface area contributed by atoms with Gasteiger partial charge in [-0.3, -0.25) is 0 Å². The number of hydrogen-bond donors (Lipinski definition) is 1. The highest BCUT2D eigenvalue weighted by atomic mass is 32.2. The van der Waals surface area contributed by atoms with Crippen molar-refractivity contribution in [3.8, 4) is 6.07 Å². The molecule has 0 bridgehead atoms. The Balaban J connectivity index is 2.60. The first-order chi connectivity index (χ1) is 9.35. The van der Waals surface area contributed by atoms with E-state index in [1.807, 2.05) is 26.8 Å². The molecule has 1 aliphatic rings. The molecule has 1 aliphatic carbocycles. The second-order valence-electron chi connectivity index (χ2n) is 5.78. The lowest BCUT2D eigenvalue weighted by atomic mass is 9.96. The van der Waals surface area contributed by atoms with Gasteiger partial charge in [0.05, 0.1) is 6.07 Å². The second kappa shape index (κ2) is 7.55. The SMILES string of the molecule is CC(C)(C)OC(=O)N(CC#N)SC1C=CC(CN)CC1. The van der Waals surface area contributed by atoms with Crippen molar-refractivity contribution in [2.75, 3.05) is 13.1 Å². The van der Waals surface area contributed by atoms with E-state index in [-0.39, 0.29) is 11.8 Å². The third-order valence-electron chi connectivity index (χ3n) is 2.80. The van der Waals surface area contributed by atoms with Crippen LogP contribution in [0.1, 0.15) is 33.6 Å². The Morgan fingerprint density at radius 2 is 2.20 bits per heavy atom. The summed E-state index contributed by atoms with van der Waals surface area (Å²) in [6, 6.07) is 2.00. The summed E-state index contributed by atoms with van der Waals surface area (Å²) in [4.78, 5) is 12.0. The van der Waals surface area contributed by atoms with Crippen LogP contribution in [0.25, 0.3) is 0 Å². The average molecular weight is 297 g/mol. The summed E-state index contributed by atoms with van der Waals surface area (Å²) in [5, 5.41) is 9.04. The van der Waals surface area contributed by atoms with Gasteiger partial charge in [0.1, 0.15) is 12.1 Å². The van der Waals surface area contributed by atoms with Crippen LogP contribution in [0, 0.1) is 17.2 Å². The number of ether oxygens (including phenoxy) is 1. The Morgan fingerprint density at radius 1 is 1.50 bits per heavy atom. The van der Waals surface area contributed by atoms with Crippen molar-refractivity contribution in [2.45, 2.75) is 44.5 Å². The summed E-state index contributed by atoms with van der Waals surface area (Å²) in [5.74, 6) is 0.429. The fourth-order valence-corrected chi connectivity index (χ4v) is 2.81. The third-order valence-corrected chi connectivity index (χ3v) is 3.99. The number of nitrogens with zero attached hydrogens (tertiary/aromatic N) is 2. The van der Waals surface area contributed by atoms with Crippen LogP contribution in [-0.4, -0.2) is 34.3 Å². The minimum absolute atomic E-state index is 0.0181. The molecule has 20 heavy (non-hydrogen) atoms. The van der Waals surface area contributed by atoms with Crippen molar-refractivity contribution >= 4 is 18.0 Å². The molecule has 0 radical (unpaired) electrons. The first kappa shape index (κ1) is 16.9. The van der Waals surface area contributed by atoms with E-state index >= 15 is 0 Å². The number of hydrogen-bond acceptors (Lipinski definition) is 5. The summed E-state index contributed by atoms with van der Waals surface area (Å²) >= 11 is 1.36. The summed E-state index contributed by atoms with van der Waals surface area (Å²) in [6.45, 7) is 6.11. The number of nitrogens with two attached hydrogens (primary N) is 1. The molecule has 2 N–H and O–H groups in total. The first-order valence-corrected chi connectivity index (χ1v) is 7.62. The third kappa shape index (κ3) is 5.85. The first-order valence-electron chi connectivity index (χ1n) is 6.78. The molecule has 0 saturated heterocycles. The zero-order chi connectivity index (χ0) is 15.2. The van der Waals surface area contributed by atoms with Crippen LogP contribution in [0.3, 0.4) is 0 Å². The number of rotatable bonds is 4. The average Bonchev–Trinajstić information content (AvgIpc) is 2.37. The number of nitriles is 1. The molecule has 0 aromatic rings.